The van der Waals surface area contributed by atoms with Gasteiger partial charge < -0.3 is 0 Å². The van der Waals surface area contributed by atoms with E-state index in [0.717, 1.165) is 18.4 Å². The monoisotopic (exact) mass is 192 g/mol. The minimum Gasteiger partial charge on any atom is -0.207 e. The summed E-state index contributed by atoms with van der Waals surface area (Å²) >= 11 is 0. The molecule has 1 aromatic carbocycles. The van der Waals surface area contributed by atoms with Crippen molar-refractivity contribution >= 4 is 0 Å². The lowest BCUT2D eigenvalue weighted by molar-refractivity contribution is 0.576. The Kier molecular flexibility index (Phi) is 2.13. The van der Waals surface area contributed by atoms with Crippen LogP contribution in [0.15, 0.2) is 18.2 Å². The van der Waals surface area contributed by atoms with E-state index in [0.29, 0.717) is 11.3 Å². The van der Waals surface area contributed by atoms with E-state index in [9.17, 15) is 4.39 Å². The molecule has 0 unspecified atom stereocenters. The standard InChI is InChI=1S/C13H17F/c1-4-9-5-6-12(14)10(7-9)11-8-13(11,2)3/h5-7,11H,4,8H2,1-3H3/t11-/m1/s1. The zero-order valence-corrected chi connectivity index (χ0v) is 9.10. The maximum Gasteiger partial charge on any atom is 0.126 e. The van der Waals surface area contributed by atoms with Crippen molar-refractivity contribution in [3.63, 3.8) is 0 Å². The first-order valence-corrected chi connectivity index (χ1v) is 5.33. The van der Waals surface area contributed by atoms with Crippen LogP contribution >= 0.6 is 0 Å². The van der Waals surface area contributed by atoms with Crippen molar-refractivity contribution in [2.75, 3.05) is 0 Å². The van der Waals surface area contributed by atoms with E-state index in [2.05, 4.69) is 20.8 Å². The van der Waals surface area contributed by atoms with Crippen LogP contribution in [0.3, 0.4) is 0 Å². The largest absolute Gasteiger partial charge is 0.207 e. The molecule has 0 aliphatic heterocycles. The highest BCUT2D eigenvalue weighted by atomic mass is 19.1. The van der Waals surface area contributed by atoms with Crippen LogP contribution in [0.5, 0.6) is 0 Å². The molecule has 1 fully saturated rings. The first-order chi connectivity index (χ1) is 6.54. The van der Waals surface area contributed by atoms with Crippen LogP contribution in [0.25, 0.3) is 0 Å². The Morgan fingerprint density at radius 3 is 2.57 bits per heavy atom. The number of rotatable bonds is 2. The molecular formula is C13H17F. The highest BCUT2D eigenvalue weighted by Crippen LogP contribution is 2.59. The van der Waals surface area contributed by atoms with E-state index in [4.69, 9.17) is 0 Å². The lowest BCUT2D eigenvalue weighted by Gasteiger charge is -2.07. The fourth-order valence-corrected chi connectivity index (χ4v) is 2.08. The van der Waals surface area contributed by atoms with E-state index in [1.54, 1.807) is 6.07 Å². The van der Waals surface area contributed by atoms with Crippen LogP contribution in [0, 0.1) is 11.2 Å². The lowest BCUT2D eigenvalue weighted by Crippen LogP contribution is -1.95. The Labute approximate surface area is 85.1 Å². The van der Waals surface area contributed by atoms with Gasteiger partial charge in [-0.15, -0.1) is 0 Å². The number of aryl methyl sites for hydroxylation is 1. The fraction of sp³-hybridized carbons (Fsp3) is 0.538. The number of hydrogen-bond donors (Lipinski definition) is 0. The van der Waals surface area contributed by atoms with E-state index >= 15 is 0 Å². The van der Waals surface area contributed by atoms with Gasteiger partial charge in [0.05, 0.1) is 0 Å². The maximum absolute atomic E-state index is 13.5. The molecule has 2 rings (SSSR count). The Bertz CT molecular complexity index is 352. The molecule has 0 bridgehead atoms. The van der Waals surface area contributed by atoms with Crippen molar-refractivity contribution in [3.05, 3.63) is 35.1 Å². The van der Waals surface area contributed by atoms with Crippen molar-refractivity contribution in [3.8, 4) is 0 Å². The molecule has 0 spiro atoms. The maximum atomic E-state index is 13.5. The fourth-order valence-electron chi connectivity index (χ4n) is 2.08. The van der Waals surface area contributed by atoms with Crippen molar-refractivity contribution in [2.45, 2.75) is 39.5 Å². The smallest absolute Gasteiger partial charge is 0.126 e. The molecule has 0 heterocycles. The minimum absolute atomic E-state index is 0.0298. The third-order valence-corrected chi connectivity index (χ3v) is 3.36. The van der Waals surface area contributed by atoms with Crippen molar-refractivity contribution in [1.29, 1.82) is 0 Å². The number of benzene rings is 1. The van der Waals surface area contributed by atoms with E-state index in [1.165, 1.54) is 5.56 Å². The molecule has 1 aliphatic carbocycles. The molecule has 0 amide bonds. The summed E-state index contributed by atoms with van der Waals surface area (Å²) in [6, 6.07) is 5.53. The van der Waals surface area contributed by atoms with Gasteiger partial charge in [0.15, 0.2) is 0 Å². The van der Waals surface area contributed by atoms with Gasteiger partial charge in [-0.2, -0.15) is 0 Å². The Morgan fingerprint density at radius 1 is 1.43 bits per heavy atom. The summed E-state index contributed by atoms with van der Waals surface area (Å²) in [5.41, 5.74) is 2.48. The second-order valence-corrected chi connectivity index (χ2v) is 4.95. The highest BCUT2D eigenvalue weighted by Gasteiger charge is 2.47. The van der Waals surface area contributed by atoms with Gasteiger partial charge in [-0.25, -0.2) is 4.39 Å². The van der Waals surface area contributed by atoms with E-state index in [-0.39, 0.29) is 5.82 Å². The topological polar surface area (TPSA) is 0 Å². The van der Waals surface area contributed by atoms with Gasteiger partial charge in [0.2, 0.25) is 0 Å². The average Bonchev–Trinajstić information content (AvgIpc) is 2.76. The first-order valence-electron chi connectivity index (χ1n) is 5.33. The zero-order chi connectivity index (χ0) is 10.3. The Hall–Kier alpha value is -0.850. The van der Waals surface area contributed by atoms with Gasteiger partial charge in [-0.1, -0.05) is 32.9 Å². The van der Waals surface area contributed by atoms with E-state index < -0.39 is 0 Å². The van der Waals surface area contributed by atoms with E-state index in [1.807, 2.05) is 12.1 Å². The summed E-state index contributed by atoms with van der Waals surface area (Å²) < 4.78 is 13.5. The predicted molar refractivity (Wildman–Crippen MR) is 56.9 cm³/mol. The molecule has 1 aliphatic rings. The molecule has 1 heteroatoms. The molecule has 0 saturated heterocycles. The summed E-state index contributed by atoms with van der Waals surface area (Å²) in [4.78, 5) is 0. The molecule has 1 saturated carbocycles. The second kappa shape index (κ2) is 3.08. The molecule has 76 valence electrons. The molecule has 0 N–H and O–H groups in total. The van der Waals surface area contributed by atoms with Gasteiger partial charge in [-0.3, -0.25) is 0 Å². The van der Waals surface area contributed by atoms with Gasteiger partial charge in [0.1, 0.15) is 5.82 Å². The van der Waals surface area contributed by atoms with Crippen LogP contribution in [0.2, 0.25) is 0 Å². The quantitative estimate of drug-likeness (QED) is 0.666. The SMILES string of the molecule is CCc1ccc(F)c([C@H]2CC2(C)C)c1. The number of halogens is 1. The second-order valence-electron chi connectivity index (χ2n) is 4.95. The predicted octanol–water partition coefficient (Wildman–Crippen LogP) is 3.90. The number of hydrogen-bond acceptors (Lipinski definition) is 0. The van der Waals surface area contributed by atoms with Crippen molar-refractivity contribution in [2.24, 2.45) is 5.41 Å². The van der Waals surface area contributed by atoms with Crippen LogP contribution in [0.1, 0.15) is 44.2 Å². The highest BCUT2D eigenvalue weighted by molar-refractivity contribution is 5.33. The van der Waals surface area contributed by atoms with Crippen LogP contribution in [-0.2, 0) is 6.42 Å². The first kappa shape index (κ1) is 9.70. The van der Waals surface area contributed by atoms with Crippen LogP contribution in [0.4, 0.5) is 4.39 Å². The lowest BCUT2D eigenvalue weighted by atomic mass is 10.00. The third-order valence-electron chi connectivity index (χ3n) is 3.36. The molecule has 0 nitrogen and oxygen atoms in total. The molecule has 0 aromatic heterocycles. The normalized spacial score (nSPS) is 23.6. The zero-order valence-electron chi connectivity index (χ0n) is 9.10. The van der Waals surface area contributed by atoms with Crippen LogP contribution in [-0.4, -0.2) is 0 Å². The molecule has 14 heavy (non-hydrogen) atoms. The molecular weight excluding hydrogens is 175 g/mol. The van der Waals surface area contributed by atoms with Gasteiger partial charge in [0.25, 0.3) is 0 Å². The molecule has 1 atom stereocenters. The van der Waals surface area contributed by atoms with Gasteiger partial charge in [0, 0.05) is 0 Å². The summed E-state index contributed by atoms with van der Waals surface area (Å²) in [5, 5.41) is 0. The summed E-state index contributed by atoms with van der Waals surface area (Å²) in [6.07, 6.45) is 2.11. The average molecular weight is 192 g/mol. The summed E-state index contributed by atoms with van der Waals surface area (Å²) in [6.45, 7) is 6.51. The van der Waals surface area contributed by atoms with Gasteiger partial charge >= 0.3 is 0 Å². The Balaban J connectivity index is 2.33. The summed E-state index contributed by atoms with van der Waals surface area (Å²) in [5.74, 6) is 0.409. The van der Waals surface area contributed by atoms with Crippen LogP contribution < -0.4 is 0 Å². The Morgan fingerprint density at radius 2 is 2.07 bits per heavy atom. The third kappa shape index (κ3) is 1.56. The van der Waals surface area contributed by atoms with Gasteiger partial charge in [-0.05, 0) is 41.4 Å². The molecule has 0 radical (unpaired) electrons. The van der Waals surface area contributed by atoms with Crippen molar-refractivity contribution in [1.82, 2.24) is 0 Å². The van der Waals surface area contributed by atoms with Crippen molar-refractivity contribution < 1.29 is 4.39 Å². The summed E-state index contributed by atoms with van der Waals surface area (Å²) in [7, 11) is 0. The minimum atomic E-state index is -0.0298. The molecule has 1 aromatic rings.